The van der Waals surface area contributed by atoms with Gasteiger partial charge in [-0.05, 0) is 37.5 Å². The van der Waals surface area contributed by atoms with Crippen molar-refractivity contribution in [2.45, 2.75) is 39.2 Å². The molecule has 1 saturated heterocycles. The molecule has 0 saturated carbocycles. The van der Waals surface area contributed by atoms with Crippen LogP contribution in [0.3, 0.4) is 0 Å². The van der Waals surface area contributed by atoms with E-state index in [0.717, 1.165) is 5.56 Å². The van der Waals surface area contributed by atoms with Gasteiger partial charge in [0.05, 0.1) is 16.0 Å². The van der Waals surface area contributed by atoms with Crippen LogP contribution in [0.15, 0.2) is 54.6 Å². The van der Waals surface area contributed by atoms with E-state index in [0.29, 0.717) is 36.8 Å². The maximum absolute atomic E-state index is 13.3. The van der Waals surface area contributed by atoms with Crippen molar-refractivity contribution < 1.29 is 14.4 Å². The van der Waals surface area contributed by atoms with Gasteiger partial charge < -0.3 is 15.1 Å². The molecule has 0 radical (unpaired) electrons. The first kappa shape index (κ1) is 24.8. The van der Waals surface area contributed by atoms with Crippen LogP contribution in [0.1, 0.15) is 43.6 Å². The molecule has 0 aromatic heterocycles. The van der Waals surface area contributed by atoms with E-state index in [1.807, 2.05) is 62.9 Å². The Morgan fingerprint density at radius 2 is 1.42 bits per heavy atom. The number of carbonyl (C=O) groups is 3. The van der Waals surface area contributed by atoms with Crippen LogP contribution in [0, 0.1) is 5.92 Å². The summed E-state index contributed by atoms with van der Waals surface area (Å²) in [6.45, 7) is 9.45. The van der Waals surface area contributed by atoms with Crippen LogP contribution in [-0.4, -0.2) is 59.7 Å². The standard InChI is InChI=1S/C26H32ClN3O3/c1-18(2)22(28-23(31)20-12-8-9-13-21(20)27)24(32)29-14-16-30(17-15-29)25(33)26(3,4)19-10-6-5-7-11-19/h5-13,18,22H,14-17H2,1-4H3,(H,28,31). The zero-order valence-electron chi connectivity index (χ0n) is 19.7. The smallest absolute Gasteiger partial charge is 0.253 e. The van der Waals surface area contributed by atoms with Crippen molar-refractivity contribution >= 4 is 29.3 Å². The van der Waals surface area contributed by atoms with Crippen molar-refractivity contribution in [3.05, 3.63) is 70.7 Å². The minimum atomic E-state index is -0.670. The van der Waals surface area contributed by atoms with E-state index in [1.165, 1.54) is 0 Å². The fourth-order valence-electron chi connectivity index (χ4n) is 4.08. The van der Waals surface area contributed by atoms with Crippen molar-refractivity contribution in [3.8, 4) is 0 Å². The summed E-state index contributed by atoms with van der Waals surface area (Å²) in [6.07, 6.45) is 0. The number of hydrogen-bond acceptors (Lipinski definition) is 3. The van der Waals surface area contributed by atoms with Gasteiger partial charge in [-0.25, -0.2) is 0 Å². The second kappa shape index (κ2) is 10.4. The molecule has 7 heteroatoms. The molecule has 2 aromatic rings. The lowest BCUT2D eigenvalue weighted by Crippen LogP contribution is -2.58. The van der Waals surface area contributed by atoms with Crippen molar-refractivity contribution in [2.75, 3.05) is 26.2 Å². The summed E-state index contributed by atoms with van der Waals surface area (Å²) >= 11 is 6.14. The largest absolute Gasteiger partial charge is 0.340 e. The molecule has 1 fully saturated rings. The zero-order chi connectivity index (χ0) is 24.2. The molecular weight excluding hydrogens is 438 g/mol. The molecule has 1 unspecified atom stereocenters. The second-order valence-electron chi connectivity index (χ2n) is 9.28. The lowest BCUT2D eigenvalue weighted by Gasteiger charge is -2.40. The first-order chi connectivity index (χ1) is 15.6. The van der Waals surface area contributed by atoms with Crippen molar-refractivity contribution in [1.82, 2.24) is 15.1 Å². The van der Waals surface area contributed by atoms with Crippen LogP contribution in [0.5, 0.6) is 0 Å². The Hall–Kier alpha value is -2.86. The third-order valence-electron chi connectivity index (χ3n) is 6.25. The Kier molecular flexibility index (Phi) is 7.80. The molecule has 2 aromatic carbocycles. The fourth-order valence-corrected chi connectivity index (χ4v) is 4.30. The molecule has 3 rings (SSSR count). The Morgan fingerprint density at radius 1 is 0.879 bits per heavy atom. The predicted octanol–water partition coefficient (Wildman–Crippen LogP) is 3.74. The number of nitrogens with one attached hydrogen (secondary N) is 1. The van der Waals surface area contributed by atoms with Crippen molar-refractivity contribution in [3.63, 3.8) is 0 Å². The highest BCUT2D eigenvalue weighted by molar-refractivity contribution is 6.33. The van der Waals surface area contributed by atoms with E-state index >= 15 is 0 Å². The number of hydrogen-bond donors (Lipinski definition) is 1. The molecule has 3 amide bonds. The predicted molar refractivity (Wildman–Crippen MR) is 130 cm³/mol. The summed E-state index contributed by atoms with van der Waals surface area (Å²) in [4.78, 5) is 42.8. The summed E-state index contributed by atoms with van der Waals surface area (Å²) in [7, 11) is 0. The maximum atomic E-state index is 13.3. The van der Waals surface area contributed by atoms with Crippen molar-refractivity contribution in [2.24, 2.45) is 5.92 Å². The zero-order valence-corrected chi connectivity index (χ0v) is 20.4. The summed E-state index contributed by atoms with van der Waals surface area (Å²) in [5, 5.41) is 3.20. The molecule has 176 valence electrons. The maximum Gasteiger partial charge on any atom is 0.253 e. The summed E-state index contributed by atoms with van der Waals surface area (Å²) in [5.41, 5.74) is 0.670. The van der Waals surface area contributed by atoms with Gasteiger partial charge in [0.15, 0.2) is 0 Å². The minimum absolute atomic E-state index is 0.0493. The highest BCUT2D eigenvalue weighted by Gasteiger charge is 2.37. The number of rotatable bonds is 6. The van der Waals surface area contributed by atoms with E-state index in [-0.39, 0.29) is 23.6 Å². The second-order valence-corrected chi connectivity index (χ2v) is 9.69. The Balaban J connectivity index is 1.64. The number of nitrogens with zero attached hydrogens (tertiary/aromatic N) is 2. The van der Waals surface area contributed by atoms with Gasteiger partial charge in [-0.15, -0.1) is 0 Å². The normalized spacial score (nSPS) is 15.3. The molecule has 6 nitrogen and oxygen atoms in total. The minimum Gasteiger partial charge on any atom is -0.340 e. The van der Waals surface area contributed by atoms with E-state index < -0.39 is 11.5 Å². The molecule has 1 aliphatic heterocycles. The Morgan fingerprint density at radius 3 is 2.00 bits per heavy atom. The van der Waals surface area contributed by atoms with Gasteiger partial charge in [-0.1, -0.05) is 67.9 Å². The van der Waals surface area contributed by atoms with Gasteiger partial charge in [-0.2, -0.15) is 0 Å². The van der Waals surface area contributed by atoms with E-state index in [2.05, 4.69) is 5.32 Å². The molecule has 1 N–H and O–H groups in total. The summed E-state index contributed by atoms with van der Waals surface area (Å²) < 4.78 is 0. The van der Waals surface area contributed by atoms with Crippen LogP contribution >= 0.6 is 11.6 Å². The van der Waals surface area contributed by atoms with E-state index in [1.54, 1.807) is 29.2 Å². The molecule has 0 spiro atoms. The quantitative estimate of drug-likeness (QED) is 0.700. The highest BCUT2D eigenvalue weighted by Crippen LogP contribution is 2.26. The van der Waals surface area contributed by atoms with Gasteiger partial charge in [0, 0.05) is 26.2 Å². The average Bonchev–Trinajstić information content (AvgIpc) is 2.82. The number of carbonyl (C=O) groups excluding carboxylic acids is 3. The monoisotopic (exact) mass is 469 g/mol. The third-order valence-corrected chi connectivity index (χ3v) is 6.58. The number of halogens is 1. The van der Waals surface area contributed by atoms with Crippen LogP contribution in [-0.2, 0) is 15.0 Å². The van der Waals surface area contributed by atoms with Crippen LogP contribution < -0.4 is 5.32 Å². The fraction of sp³-hybridized carbons (Fsp3) is 0.423. The van der Waals surface area contributed by atoms with Gasteiger partial charge in [-0.3, -0.25) is 14.4 Å². The molecule has 0 aliphatic carbocycles. The average molecular weight is 470 g/mol. The van der Waals surface area contributed by atoms with Gasteiger partial charge in [0.2, 0.25) is 11.8 Å². The lowest BCUT2D eigenvalue weighted by atomic mass is 9.83. The molecule has 1 heterocycles. The summed E-state index contributed by atoms with van der Waals surface area (Å²) in [6, 6.07) is 15.8. The van der Waals surface area contributed by atoms with E-state index in [9.17, 15) is 14.4 Å². The van der Waals surface area contributed by atoms with Gasteiger partial charge >= 0.3 is 0 Å². The summed E-state index contributed by atoms with van der Waals surface area (Å²) in [5.74, 6) is -0.556. The lowest BCUT2D eigenvalue weighted by molar-refractivity contribution is -0.143. The molecular formula is C26H32ClN3O3. The highest BCUT2D eigenvalue weighted by atomic mass is 35.5. The number of piperazine rings is 1. The van der Waals surface area contributed by atoms with Crippen LogP contribution in [0.25, 0.3) is 0 Å². The topological polar surface area (TPSA) is 69.7 Å². The Bertz CT molecular complexity index is 999. The van der Waals surface area contributed by atoms with Crippen LogP contribution in [0.4, 0.5) is 0 Å². The number of amides is 3. The molecule has 0 bridgehead atoms. The molecule has 1 atom stereocenters. The van der Waals surface area contributed by atoms with Gasteiger partial charge in [0.1, 0.15) is 6.04 Å². The third kappa shape index (κ3) is 5.56. The Labute approximate surface area is 200 Å². The van der Waals surface area contributed by atoms with Crippen LogP contribution in [0.2, 0.25) is 5.02 Å². The first-order valence-electron chi connectivity index (χ1n) is 11.3. The van der Waals surface area contributed by atoms with Crippen molar-refractivity contribution in [1.29, 1.82) is 0 Å². The van der Waals surface area contributed by atoms with Gasteiger partial charge in [0.25, 0.3) is 5.91 Å². The molecule has 1 aliphatic rings. The SMILES string of the molecule is CC(C)C(NC(=O)c1ccccc1Cl)C(=O)N1CCN(C(=O)C(C)(C)c2ccccc2)CC1. The van der Waals surface area contributed by atoms with E-state index in [4.69, 9.17) is 11.6 Å². The number of benzene rings is 2. The molecule has 33 heavy (non-hydrogen) atoms. The first-order valence-corrected chi connectivity index (χ1v) is 11.7.